The molecule has 0 bridgehead atoms. The van der Waals surface area contributed by atoms with Gasteiger partial charge >= 0.3 is 0 Å². The molecule has 1 aromatic heterocycles. The molecule has 0 saturated heterocycles. The first-order valence-corrected chi connectivity index (χ1v) is 11.6. The Hall–Kier alpha value is -3.84. The number of nitrogens with one attached hydrogen (secondary N) is 2. The fourth-order valence-corrected chi connectivity index (χ4v) is 4.08. The van der Waals surface area contributed by atoms with Gasteiger partial charge in [-0.3, -0.25) is 10.2 Å². The van der Waals surface area contributed by atoms with Gasteiger partial charge in [-0.15, -0.1) is 0 Å². The number of anilines is 2. The number of aromatic nitrogens is 1. The number of hydrogen-bond acceptors (Lipinski definition) is 5. The van der Waals surface area contributed by atoms with E-state index in [1.54, 1.807) is 6.21 Å². The predicted octanol–water partition coefficient (Wildman–Crippen LogP) is 6.95. The van der Waals surface area contributed by atoms with Gasteiger partial charge < -0.3 is 5.32 Å². The van der Waals surface area contributed by atoms with Gasteiger partial charge in [0.1, 0.15) is 16.5 Å². The molecule has 0 saturated carbocycles. The lowest BCUT2D eigenvalue weighted by atomic mass is 9.87. The van der Waals surface area contributed by atoms with Crippen LogP contribution in [0.15, 0.2) is 84.0 Å². The Bertz CT molecular complexity index is 1290. The molecule has 0 radical (unpaired) electrons. The van der Waals surface area contributed by atoms with Crippen molar-refractivity contribution < 1.29 is 9.18 Å². The van der Waals surface area contributed by atoms with E-state index in [1.165, 1.54) is 41.2 Å². The van der Waals surface area contributed by atoms with Crippen LogP contribution in [-0.2, 0) is 5.41 Å². The predicted molar refractivity (Wildman–Crippen MR) is 138 cm³/mol. The van der Waals surface area contributed by atoms with E-state index in [2.05, 4.69) is 53.7 Å². The third-order valence-corrected chi connectivity index (χ3v) is 6.03. The lowest BCUT2D eigenvalue weighted by Crippen LogP contribution is -2.11. The molecule has 0 fully saturated rings. The van der Waals surface area contributed by atoms with Crippen LogP contribution in [0.4, 0.5) is 14.5 Å². The van der Waals surface area contributed by atoms with Crippen molar-refractivity contribution in [3.05, 3.63) is 101 Å². The van der Waals surface area contributed by atoms with E-state index in [-0.39, 0.29) is 11.3 Å². The summed E-state index contributed by atoms with van der Waals surface area (Å²) < 4.78 is 13.2. The summed E-state index contributed by atoms with van der Waals surface area (Å²) in [5.74, 6) is -0.730. The van der Waals surface area contributed by atoms with Crippen molar-refractivity contribution in [2.75, 3.05) is 10.7 Å². The van der Waals surface area contributed by atoms with Crippen LogP contribution in [0, 0.1) is 5.82 Å². The Kier molecular flexibility index (Phi) is 6.84. The van der Waals surface area contributed by atoms with Crippen molar-refractivity contribution >= 4 is 33.6 Å². The summed E-state index contributed by atoms with van der Waals surface area (Å²) in [4.78, 5) is 17.3. The van der Waals surface area contributed by atoms with Crippen LogP contribution >= 0.6 is 11.3 Å². The minimum absolute atomic E-state index is 0.0946. The minimum atomic E-state index is -0.392. The minimum Gasteiger partial charge on any atom is -0.312 e. The number of amides is 1. The first kappa shape index (κ1) is 23.3. The van der Waals surface area contributed by atoms with E-state index in [1.807, 2.05) is 42.5 Å². The highest BCUT2D eigenvalue weighted by molar-refractivity contribution is 7.20. The number of hydrazone groups is 1. The van der Waals surface area contributed by atoms with Crippen molar-refractivity contribution in [3.8, 4) is 11.3 Å². The normalized spacial score (nSPS) is 11.5. The zero-order valence-electron chi connectivity index (χ0n) is 19.2. The molecule has 4 aromatic rings. The number of halogens is 1. The number of hydrogen-bond donors (Lipinski definition) is 2. The van der Waals surface area contributed by atoms with Crippen molar-refractivity contribution in [1.29, 1.82) is 0 Å². The second-order valence-electron chi connectivity index (χ2n) is 8.77. The molecule has 1 amide bonds. The third kappa shape index (κ3) is 5.74. The van der Waals surface area contributed by atoms with Crippen molar-refractivity contribution in [2.45, 2.75) is 26.2 Å². The second kappa shape index (κ2) is 9.97. The van der Waals surface area contributed by atoms with Gasteiger partial charge in [-0.2, -0.15) is 5.10 Å². The molecule has 34 heavy (non-hydrogen) atoms. The van der Waals surface area contributed by atoms with Crippen molar-refractivity contribution in [1.82, 2.24) is 4.98 Å². The van der Waals surface area contributed by atoms with Crippen molar-refractivity contribution in [3.63, 3.8) is 0 Å². The summed E-state index contributed by atoms with van der Waals surface area (Å²) in [5, 5.41) is 8.33. The molecule has 0 aliphatic heterocycles. The Labute approximate surface area is 202 Å². The largest absolute Gasteiger partial charge is 0.312 e. The molecule has 0 unspecified atom stereocenters. The quantitative estimate of drug-likeness (QED) is 0.236. The highest BCUT2D eigenvalue weighted by Gasteiger charge is 2.17. The lowest BCUT2D eigenvalue weighted by molar-refractivity contribution is 0.102. The molecule has 172 valence electrons. The van der Waals surface area contributed by atoms with Gasteiger partial charge in [-0.1, -0.05) is 86.7 Å². The molecule has 4 rings (SSSR count). The van der Waals surface area contributed by atoms with Crippen molar-refractivity contribution in [2.24, 2.45) is 5.10 Å². The Morgan fingerprint density at radius 1 is 0.971 bits per heavy atom. The van der Waals surface area contributed by atoms with Gasteiger partial charge in [0.15, 0.2) is 0 Å². The van der Waals surface area contributed by atoms with Gasteiger partial charge in [0, 0.05) is 11.1 Å². The highest BCUT2D eigenvalue weighted by Crippen LogP contribution is 2.36. The van der Waals surface area contributed by atoms with Crippen LogP contribution in [0.25, 0.3) is 11.3 Å². The van der Waals surface area contributed by atoms with Gasteiger partial charge in [0.25, 0.3) is 5.91 Å². The summed E-state index contributed by atoms with van der Waals surface area (Å²) >= 11 is 1.28. The average Bonchev–Trinajstić information content (AvgIpc) is 3.22. The van der Waals surface area contributed by atoms with Gasteiger partial charge in [0.2, 0.25) is 5.13 Å². The molecular weight excluding hydrogens is 447 g/mol. The number of benzene rings is 3. The molecule has 0 atom stereocenters. The maximum atomic E-state index is 13.2. The van der Waals surface area contributed by atoms with E-state index in [0.717, 1.165) is 11.1 Å². The summed E-state index contributed by atoms with van der Waals surface area (Å²) in [6.07, 6.45) is 1.73. The average molecular weight is 473 g/mol. The van der Waals surface area contributed by atoms with Crippen LogP contribution in [0.5, 0.6) is 0 Å². The van der Waals surface area contributed by atoms with Crippen LogP contribution in [0.2, 0.25) is 0 Å². The first-order valence-electron chi connectivity index (χ1n) is 10.8. The van der Waals surface area contributed by atoms with Crippen LogP contribution in [0.3, 0.4) is 0 Å². The maximum Gasteiger partial charge on any atom is 0.256 e. The molecule has 2 N–H and O–H groups in total. The number of rotatable bonds is 6. The van der Waals surface area contributed by atoms with E-state index < -0.39 is 5.82 Å². The summed E-state index contributed by atoms with van der Waals surface area (Å²) in [5.41, 5.74) is 7.14. The summed E-state index contributed by atoms with van der Waals surface area (Å²) in [6, 6.07) is 23.2. The number of thiazole rings is 1. The highest BCUT2D eigenvalue weighted by atomic mass is 32.1. The Balaban J connectivity index is 1.54. The van der Waals surface area contributed by atoms with Crippen LogP contribution in [0.1, 0.15) is 42.3 Å². The van der Waals surface area contributed by atoms with E-state index in [9.17, 15) is 9.18 Å². The smallest absolute Gasteiger partial charge is 0.256 e. The monoisotopic (exact) mass is 472 g/mol. The zero-order chi connectivity index (χ0) is 24.1. The molecule has 5 nitrogen and oxygen atoms in total. The molecular formula is C27H25FN4OS. The van der Waals surface area contributed by atoms with Gasteiger partial charge in [0.05, 0.1) is 6.21 Å². The number of carbonyl (C=O) groups excluding carboxylic acids is 1. The van der Waals surface area contributed by atoms with E-state index in [4.69, 9.17) is 0 Å². The fourth-order valence-electron chi connectivity index (χ4n) is 3.25. The van der Waals surface area contributed by atoms with E-state index >= 15 is 0 Å². The topological polar surface area (TPSA) is 66.4 Å². The summed E-state index contributed by atoms with van der Waals surface area (Å²) in [7, 11) is 0. The van der Waals surface area contributed by atoms with Crippen LogP contribution in [-0.4, -0.2) is 17.1 Å². The van der Waals surface area contributed by atoms with Gasteiger partial charge in [-0.05, 0) is 40.8 Å². The molecule has 0 spiro atoms. The third-order valence-electron chi connectivity index (χ3n) is 5.16. The molecule has 0 aliphatic carbocycles. The first-order chi connectivity index (χ1) is 16.3. The maximum absolute atomic E-state index is 13.2. The van der Waals surface area contributed by atoms with E-state index in [0.29, 0.717) is 21.4 Å². The SMILES string of the molecule is CC(C)(C)c1ccc(/C=N\Nc2nc(-c3ccccc3)c(NC(=O)c3ccc(F)cc3)s2)cc1. The molecule has 3 aromatic carbocycles. The standard InChI is InChI=1S/C27H25FN4OS/c1-27(2,3)21-13-9-18(10-14-21)17-29-32-26-30-23(19-7-5-4-6-8-19)25(34-26)31-24(33)20-11-15-22(28)16-12-20/h4-17H,1-3H3,(H,30,32)(H,31,33)/b29-17-. The molecule has 0 aliphatic rings. The Morgan fingerprint density at radius 3 is 2.29 bits per heavy atom. The number of carbonyl (C=O) groups is 1. The number of nitrogens with zero attached hydrogens (tertiary/aromatic N) is 2. The lowest BCUT2D eigenvalue weighted by Gasteiger charge is -2.18. The van der Waals surface area contributed by atoms with Gasteiger partial charge in [-0.25, -0.2) is 9.37 Å². The Morgan fingerprint density at radius 2 is 1.65 bits per heavy atom. The second-order valence-corrected chi connectivity index (χ2v) is 9.76. The van der Waals surface area contributed by atoms with Crippen LogP contribution < -0.4 is 10.7 Å². The summed E-state index contributed by atoms with van der Waals surface area (Å²) in [6.45, 7) is 6.53. The zero-order valence-corrected chi connectivity index (χ0v) is 20.0. The molecule has 1 heterocycles. The molecule has 7 heteroatoms. The fraction of sp³-hybridized carbons (Fsp3) is 0.148.